The van der Waals surface area contributed by atoms with Crippen molar-refractivity contribution in [1.29, 1.82) is 0 Å². The summed E-state index contributed by atoms with van der Waals surface area (Å²) >= 11 is 0. The third kappa shape index (κ3) is 2.85. The summed E-state index contributed by atoms with van der Waals surface area (Å²) in [7, 11) is 0. The van der Waals surface area contributed by atoms with Crippen LogP contribution in [0.1, 0.15) is 0 Å². The van der Waals surface area contributed by atoms with Crippen molar-refractivity contribution >= 4 is 6.03 Å². The minimum Gasteiger partial charge on any atom is -0.351 e. The molecule has 0 radical (unpaired) electrons. The molecule has 2 amide bonds. The second kappa shape index (κ2) is 3.15. The van der Waals surface area contributed by atoms with E-state index in [1.54, 1.807) is 0 Å². The Hall–Kier alpha value is -1.40. The highest BCUT2D eigenvalue weighted by atomic mass is 19.4. The van der Waals surface area contributed by atoms with Gasteiger partial charge in [-0.3, -0.25) is 4.90 Å². The summed E-state index contributed by atoms with van der Waals surface area (Å²) in [6.45, 7) is -1.22. The van der Waals surface area contributed by atoms with Crippen molar-refractivity contribution in [2.24, 2.45) is 5.73 Å². The van der Waals surface area contributed by atoms with Crippen molar-refractivity contribution in [2.45, 2.75) is 6.18 Å². The number of carbonyl (C=O) groups excluding carboxylic acids is 1. The normalized spacial score (nSPS) is 16.8. The van der Waals surface area contributed by atoms with Crippen LogP contribution in [-0.2, 0) is 0 Å². The van der Waals surface area contributed by atoms with Crippen LogP contribution < -0.4 is 5.73 Å². The number of amides is 2. The van der Waals surface area contributed by atoms with Gasteiger partial charge < -0.3 is 10.6 Å². The standard InChI is InChI=1S/C6H8F3N3O/c7-6(8,9)3-11-1-2-12(4-11)5(10)13/h1-2H,3-4H2,(H2,10,13). The molecule has 0 atom stereocenters. The highest BCUT2D eigenvalue weighted by molar-refractivity contribution is 5.73. The molecule has 0 aromatic carbocycles. The van der Waals surface area contributed by atoms with Gasteiger partial charge in [0.2, 0.25) is 0 Å². The van der Waals surface area contributed by atoms with Crippen LogP contribution in [0.25, 0.3) is 0 Å². The number of hydrogen-bond acceptors (Lipinski definition) is 2. The second-order valence-electron chi connectivity index (χ2n) is 2.61. The molecule has 4 nitrogen and oxygen atoms in total. The fourth-order valence-electron chi connectivity index (χ4n) is 0.941. The fraction of sp³-hybridized carbons (Fsp3) is 0.500. The van der Waals surface area contributed by atoms with Gasteiger partial charge in [-0.2, -0.15) is 13.2 Å². The predicted octanol–water partition coefficient (Wildman–Crippen LogP) is 0.674. The van der Waals surface area contributed by atoms with E-state index < -0.39 is 18.8 Å². The van der Waals surface area contributed by atoms with E-state index in [4.69, 9.17) is 5.73 Å². The molecule has 0 fully saturated rings. The Morgan fingerprint density at radius 3 is 2.46 bits per heavy atom. The monoisotopic (exact) mass is 195 g/mol. The Morgan fingerprint density at radius 1 is 1.46 bits per heavy atom. The average molecular weight is 195 g/mol. The molecule has 0 aromatic heterocycles. The zero-order chi connectivity index (χ0) is 10.1. The maximum Gasteiger partial charge on any atom is 0.405 e. The fourth-order valence-corrected chi connectivity index (χ4v) is 0.941. The van der Waals surface area contributed by atoms with Gasteiger partial charge in [0.05, 0.1) is 6.67 Å². The lowest BCUT2D eigenvalue weighted by Crippen LogP contribution is -2.37. The molecule has 0 bridgehead atoms. The van der Waals surface area contributed by atoms with Crippen LogP contribution in [-0.4, -0.2) is 35.2 Å². The smallest absolute Gasteiger partial charge is 0.351 e. The predicted molar refractivity (Wildman–Crippen MR) is 38.2 cm³/mol. The van der Waals surface area contributed by atoms with Crippen LogP contribution in [0, 0.1) is 0 Å². The summed E-state index contributed by atoms with van der Waals surface area (Å²) in [5.41, 5.74) is 4.85. The van der Waals surface area contributed by atoms with Gasteiger partial charge in [-0.1, -0.05) is 0 Å². The molecule has 0 aromatic rings. The Morgan fingerprint density at radius 2 is 2.08 bits per heavy atom. The van der Waals surface area contributed by atoms with Crippen LogP contribution in [0.5, 0.6) is 0 Å². The molecule has 74 valence electrons. The van der Waals surface area contributed by atoms with E-state index in [0.29, 0.717) is 0 Å². The summed E-state index contributed by atoms with van der Waals surface area (Å²) in [5, 5.41) is 0. The summed E-state index contributed by atoms with van der Waals surface area (Å²) in [6.07, 6.45) is -1.87. The van der Waals surface area contributed by atoms with Crippen molar-refractivity contribution in [3.05, 3.63) is 12.4 Å². The highest BCUT2D eigenvalue weighted by Gasteiger charge is 2.31. The van der Waals surface area contributed by atoms with Gasteiger partial charge in [-0.05, 0) is 0 Å². The van der Waals surface area contributed by atoms with Gasteiger partial charge in [-0.15, -0.1) is 0 Å². The summed E-state index contributed by atoms with van der Waals surface area (Å²) < 4.78 is 35.5. The van der Waals surface area contributed by atoms with E-state index in [-0.39, 0.29) is 6.67 Å². The van der Waals surface area contributed by atoms with E-state index in [9.17, 15) is 18.0 Å². The van der Waals surface area contributed by atoms with Crippen LogP contribution in [0.2, 0.25) is 0 Å². The first kappa shape index (κ1) is 9.69. The Kier molecular flexibility index (Phi) is 2.35. The largest absolute Gasteiger partial charge is 0.405 e. The molecule has 1 aliphatic rings. The van der Waals surface area contributed by atoms with E-state index in [1.165, 1.54) is 12.4 Å². The lowest BCUT2D eigenvalue weighted by atomic mass is 10.6. The minimum atomic E-state index is -4.27. The maximum atomic E-state index is 11.8. The first-order chi connectivity index (χ1) is 5.88. The first-order valence-corrected chi connectivity index (χ1v) is 3.44. The van der Waals surface area contributed by atoms with E-state index in [2.05, 4.69) is 0 Å². The van der Waals surface area contributed by atoms with Crippen LogP contribution in [0.4, 0.5) is 18.0 Å². The van der Waals surface area contributed by atoms with Crippen molar-refractivity contribution in [3.8, 4) is 0 Å². The van der Waals surface area contributed by atoms with E-state index in [0.717, 1.165) is 9.80 Å². The Balaban J connectivity index is 2.44. The van der Waals surface area contributed by atoms with Crippen molar-refractivity contribution in [3.63, 3.8) is 0 Å². The second-order valence-corrected chi connectivity index (χ2v) is 2.61. The molecule has 1 heterocycles. The summed E-state index contributed by atoms with van der Waals surface area (Å²) in [5.74, 6) is 0. The van der Waals surface area contributed by atoms with Gasteiger partial charge in [0.1, 0.15) is 6.54 Å². The van der Waals surface area contributed by atoms with Gasteiger partial charge in [0.15, 0.2) is 0 Å². The molecule has 0 spiro atoms. The Labute approximate surface area is 72.4 Å². The number of primary amides is 1. The lowest BCUT2D eigenvalue weighted by molar-refractivity contribution is -0.141. The number of halogens is 3. The maximum absolute atomic E-state index is 11.8. The molecule has 7 heteroatoms. The van der Waals surface area contributed by atoms with E-state index >= 15 is 0 Å². The van der Waals surface area contributed by atoms with Gasteiger partial charge in [0, 0.05) is 12.4 Å². The first-order valence-electron chi connectivity index (χ1n) is 3.44. The molecule has 1 aliphatic heterocycles. The van der Waals surface area contributed by atoms with Crippen LogP contribution in [0.3, 0.4) is 0 Å². The zero-order valence-corrected chi connectivity index (χ0v) is 6.58. The molecule has 1 rings (SSSR count). The third-order valence-electron chi connectivity index (χ3n) is 1.46. The molecule has 2 N–H and O–H groups in total. The summed E-state index contributed by atoms with van der Waals surface area (Å²) in [6, 6.07) is -0.763. The van der Waals surface area contributed by atoms with E-state index in [1.807, 2.05) is 0 Å². The van der Waals surface area contributed by atoms with Crippen molar-refractivity contribution < 1.29 is 18.0 Å². The number of rotatable bonds is 1. The molecule has 13 heavy (non-hydrogen) atoms. The number of alkyl halides is 3. The van der Waals surface area contributed by atoms with Crippen LogP contribution in [0.15, 0.2) is 12.4 Å². The number of nitrogens with zero attached hydrogens (tertiary/aromatic N) is 2. The quantitative estimate of drug-likeness (QED) is 0.668. The third-order valence-corrected chi connectivity index (χ3v) is 1.46. The van der Waals surface area contributed by atoms with Crippen LogP contribution >= 0.6 is 0 Å². The van der Waals surface area contributed by atoms with Crippen molar-refractivity contribution in [2.75, 3.05) is 13.2 Å². The van der Waals surface area contributed by atoms with Gasteiger partial charge in [0.25, 0.3) is 0 Å². The zero-order valence-electron chi connectivity index (χ0n) is 6.58. The highest BCUT2D eigenvalue weighted by Crippen LogP contribution is 2.18. The number of nitrogens with two attached hydrogens (primary N) is 1. The molecular formula is C6H8F3N3O. The SMILES string of the molecule is NC(=O)N1C=CN(CC(F)(F)F)C1. The number of hydrogen-bond donors (Lipinski definition) is 1. The average Bonchev–Trinajstić information content (AvgIpc) is 2.31. The molecule has 0 aliphatic carbocycles. The molecule has 0 unspecified atom stereocenters. The minimum absolute atomic E-state index is 0.144. The summed E-state index contributed by atoms with van der Waals surface area (Å²) in [4.78, 5) is 12.4. The van der Waals surface area contributed by atoms with Crippen molar-refractivity contribution in [1.82, 2.24) is 9.80 Å². The molecular weight excluding hydrogens is 187 g/mol. The topological polar surface area (TPSA) is 49.6 Å². The Bertz CT molecular complexity index is 238. The lowest BCUT2D eigenvalue weighted by Gasteiger charge is -2.19. The number of urea groups is 1. The molecule has 0 saturated carbocycles. The van der Waals surface area contributed by atoms with Gasteiger partial charge >= 0.3 is 12.2 Å². The van der Waals surface area contributed by atoms with Gasteiger partial charge in [-0.25, -0.2) is 4.79 Å². The molecule has 0 saturated heterocycles. The number of carbonyl (C=O) groups is 1.